The van der Waals surface area contributed by atoms with Crippen molar-refractivity contribution in [2.24, 2.45) is 0 Å². The van der Waals surface area contributed by atoms with Crippen LogP contribution in [0.5, 0.6) is 0 Å². The summed E-state index contributed by atoms with van der Waals surface area (Å²) < 4.78 is 0. The lowest BCUT2D eigenvalue weighted by atomic mass is 10.0. The smallest absolute Gasteiger partial charge is 0.258 e. The molecule has 1 aromatic carbocycles. The van der Waals surface area contributed by atoms with Gasteiger partial charge in [-0.1, -0.05) is 17.7 Å². The van der Waals surface area contributed by atoms with E-state index in [4.69, 9.17) is 5.73 Å². The van der Waals surface area contributed by atoms with Gasteiger partial charge in [-0.3, -0.25) is 9.78 Å². The molecule has 1 amide bonds. The lowest BCUT2D eigenvalue weighted by Crippen LogP contribution is -2.27. The molecule has 4 nitrogen and oxygen atoms in total. The zero-order valence-electron chi connectivity index (χ0n) is 11.3. The minimum atomic E-state index is -0.0703. The molecule has 2 rings (SSSR count). The maximum absolute atomic E-state index is 12.5. The van der Waals surface area contributed by atoms with Crippen LogP contribution in [0, 0.1) is 13.8 Å². The maximum Gasteiger partial charge on any atom is 0.258 e. The molecule has 0 saturated carbocycles. The molecule has 4 heteroatoms. The summed E-state index contributed by atoms with van der Waals surface area (Å²) in [5.41, 5.74) is 9.71. The Morgan fingerprint density at radius 1 is 1.26 bits per heavy atom. The molecule has 2 N–H and O–H groups in total. The molecule has 0 aliphatic carbocycles. The molecule has 0 saturated heterocycles. The summed E-state index contributed by atoms with van der Waals surface area (Å²) in [5, 5.41) is 0. The van der Waals surface area contributed by atoms with E-state index >= 15 is 0 Å². The summed E-state index contributed by atoms with van der Waals surface area (Å²) in [4.78, 5) is 18.0. The van der Waals surface area contributed by atoms with E-state index in [1.807, 2.05) is 32.0 Å². The molecule has 19 heavy (non-hydrogen) atoms. The standard InChI is InChI=1S/C15H17N3O/c1-10-4-5-11(2)12(8-10)15(19)18(3)14-6-7-17-9-13(14)16/h4-9H,16H2,1-3H3. The summed E-state index contributed by atoms with van der Waals surface area (Å²) in [7, 11) is 1.72. The van der Waals surface area contributed by atoms with Crippen LogP contribution < -0.4 is 10.6 Å². The SMILES string of the molecule is Cc1ccc(C)c(C(=O)N(C)c2ccncc2N)c1. The van der Waals surface area contributed by atoms with Gasteiger partial charge >= 0.3 is 0 Å². The molecule has 0 aliphatic heterocycles. The fraction of sp³-hybridized carbons (Fsp3) is 0.200. The zero-order chi connectivity index (χ0) is 14.0. The highest BCUT2D eigenvalue weighted by Crippen LogP contribution is 2.23. The summed E-state index contributed by atoms with van der Waals surface area (Å²) in [6.45, 7) is 3.90. The van der Waals surface area contributed by atoms with Crippen LogP contribution in [0.15, 0.2) is 36.7 Å². The fourth-order valence-electron chi connectivity index (χ4n) is 1.96. The molecule has 98 valence electrons. The first-order valence-electron chi connectivity index (χ1n) is 6.05. The number of rotatable bonds is 2. The van der Waals surface area contributed by atoms with E-state index in [0.717, 1.165) is 11.1 Å². The third-order valence-corrected chi connectivity index (χ3v) is 3.12. The minimum absolute atomic E-state index is 0.0703. The number of nitrogens with two attached hydrogens (primary N) is 1. The number of aryl methyl sites for hydroxylation is 2. The third kappa shape index (κ3) is 2.57. The molecule has 0 radical (unpaired) electrons. The molecule has 1 heterocycles. The van der Waals surface area contributed by atoms with E-state index in [0.29, 0.717) is 16.9 Å². The summed E-state index contributed by atoms with van der Waals surface area (Å²) in [6.07, 6.45) is 3.17. The van der Waals surface area contributed by atoms with Gasteiger partial charge in [-0.05, 0) is 31.5 Å². The van der Waals surface area contributed by atoms with E-state index in [1.165, 1.54) is 0 Å². The van der Waals surface area contributed by atoms with Gasteiger partial charge in [0.25, 0.3) is 5.91 Å². The van der Waals surface area contributed by atoms with Crippen LogP contribution in [-0.4, -0.2) is 17.9 Å². The number of carbonyl (C=O) groups excluding carboxylic acids is 1. The molecule has 0 atom stereocenters. The Balaban J connectivity index is 2.39. The minimum Gasteiger partial charge on any atom is -0.396 e. The number of pyridine rings is 1. The van der Waals surface area contributed by atoms with Gasteiger partial charge in [-0.15, -0.1) is 0 Å². The molecule has 0 aliphatic rings. The summed E-state index contributed by atoms with van der Waals surface area (Å²) >= 11 is 0. The molecule has 2 aromatic rings. The normalized spacial score (nSPS) is 10.3. The summed E-state index contributed by atoms with van der Waals surface area (Å²) in [5.74, 6) is -0.0703. The Bertz CT molecular complexity index is 623. The highest BCUT2D eigenvalue weighted by atomic mass is 16.2. The largest absolute Gasteiger partial charge is 0.396 e. The average molecular weight is 255 g/mol. The molecule has 1 aromatic heterocycles. The van der Waals surface area contributed by atoms with Crippen LogP contribution >= 0.6 is 0 Å². The summed E-state index contributed by atoms with van der Waals surface area (Å²) in [6, 6.07) is 7.57. The zero-order valence-corrected chi connectivity index (χ0v) is 11.3. The third-order valence-electron chi connectivity index (χ3n) is 3.12. The number of anilines is 2. The monoisotopic (exact) mass is 255 g/mol. The van der Waals surface area contributed by atoms with Crippen molar-refractivity contribution in [3.8, 4) is 0 Å². The quantitative estimate of drug-likeness (QED) is 0.897. The Morgan fingerprint density at radius 3 is 2.68 bits per heavy atom. The van der Waals surface area contributed by atoms with Crippen molar-refractivity contribution < 1.29 is 4.79 Å². The van der Waals surface area contributed by atoms with Crippen LogP contribution in [0.2, 0.25) is 0 Å². The number of amides is 1. The predicted molar refractivity (Wildman–Crippen MR) is 77.3 cm³/mol. The van der Waals surface area contributed by atoms with Crippen LogP contribution in [-0.2, 0) is 0 Å². The molecule has 0 unspecified atom stereocenters. The van der Waals surface area contributed by atoms with Crippen LogP contribution in [0.25, 0.3) is 0 Å². The predicted octanol–water partition coefficient (Wildman–Crippen LogP) is 2.56. The first-order valence-corrected chi connectivity index (χ1v) is 6.05. The van der Waals surface area contributed by atoms with Crippen molar-refractivity contribution in [1.82, 2.24) is 4.98 Å². The fourth-order valence-corrected chi connectivity index (χ4v) is 1.96. The van der Waals surface area contributed by atoms with E-state index < -0.39 is 0 Å². The van der Waals surface area contributed by atoms with Crippen molar-refractivity contribution in [3.63, 3.8) is 0 Å². The highest BCUT2D eigenvalue weighted by molar-refractivity contribution is 6.08. The molecular weight excluding hydrogens is 238 g/mol. The van der Waals surface area contributed by atoms with E-state index in [9.17, 15) is 4.79 Å². The van der Waals surface area contributed by atoms with Gasteiger partial charge in [0.1, 0.15) is 0 Å². The van der Waals surface area contributed by atoms with Gasteiger partial charge < -0.3 is 10.6 Å². The van der Waals surface area contributed by atoms with Gasteiger partial charge in [0.2, 0.25) is 0 Å². The topological polar surface area (TPSA) is 59.2 Å². The highest BCUT2D eigenvalue weighted by Gasteiger charge is 2.17. The maximum atomic E-state index is 12.5. The Hall–Kier alpha value is -2.36. The van der Waals surface area contributed by atoms with Crippen LogP contribution in [0.3, 0.4) is 0 Å². The second kappa shape index (κ2) is 5.10. The number of nitrogens with zero attached hydrogens (tertiary/aromatic N) is 2. The Labute approximate surface area is 112 Å². The van der Waals surface area contributed by atoms with Crippen LogP contribution in [0.1, 0.15) is 21.5 Å². The Morgan fingerprint density at radius 2 is 2.00 bits per heavy atom. The first-order chi connectivity index (χ1) is 9.00. The molecule has 0 fully saturated rings. The lowest BCUT2D eigenvalue weighted by Gasteiger charge is -2.20. The van der Waals surface area contributed by atoms with Crippen molar-refractivity contribution in [2.75, 3.05) is 17.7 Å². The lowest BCUT2D eigenvalue weighted by molar-refractivity contribution is 0.0992. The number of carbonyl (C=O) groups is 1. The van der Waals surface area contributed by atoms with Crippen molar-refractivity contribution in [3.05, 3.63) is 53.3 Å². The number of benzene rings is 1. The van der Waals surface area contributed by atoms with E-state index in [2.05, 4.69) is 4.98 Å². The second-order valence-corrected chi connectivity index (χ2v) is 4.62. The van der Waals surface area contributed by atoms with E-state index in [1.54, 1.807) is 30.4 Å². The van der Waals surface area contributed by atoms with E-state index in [-0.39, 0.29) is 5.91 Å². The van der Waals surface area contributed by atoms with Gasteiger partial charge in [-0.25, -0.2) is 0 Å². The van der Waals surface area contributed by atoms with Crippen molar-refractivity contribution in [2.45, 2.75) is 13.8 Å². The van der Waals surface area contributed by atoms with Crippen molar-refractivity contribution >= 4 is 17.3 Å². The van der Waals surface area contributed by atoms with Crippen LogP contribution in [0.4, 0.5) is 11.4 Å². The molecule has 0 spiro atoms. The number of aromatic nitrogens is 1. The molecule has 0 bridgehead atoms. The van der Waals surface area contributed by atoms with Gasteiger partial charge in [-0.2, -0.15) is 0 Å². The Kier molecular flexibility index (Phi) is 3.51. The number of nitrogen functional groups attached to an aromatic ring is 1. The van der Waals surface area contributed by atoms with Gasteiger partial charge in [0.15, 0.2) is 0 Å². The second-order valence-electron chi connectivity index (χ2n) is 4.62. The number of hydrogen-bond acceptors (Lipinski definition) is 3. The van der Waals surface area contributed by atoms with Crippen molar-refractivity contribution in [1.29, 1.82) is 0 Å². The first kappa shape index (κ1) is 13.1. The van der Waals surface area contributed by atoms with Gasteiger partial charge in [0, 0.05) is 18.8 Å². The molecular formula is C15H17N3O. The number of hydrogen-bond donors (Lipinski definition) is 1. The average Bonchev–Trinajstić information content (AvgIpc) is 2.40. The van der Waals surface area contributed by atoms with Gasteiger partial charge in [0.05, 0.1) is 17.6 Å².